The van der Waals surface area contributed by atoms with Gasteiger partial charge in [0.1, 0.15) is 10.7 Å². The van der Waals surface area contributed by atoms with Crippen molar-refractivity contribution >= 4 is 29.4 Å². The normalized spacial score (nSPS) is 15.5. The fourth-order valence-electron chi connectivity index (χ4n) is 3.09. The molecule has 1 saturated carbocycles. The molecule has 1 fully saturated rings. The van der Waals surface area contributed by atoms with Gasteiger partial charge in [-0.05, 0) is 25.3 Å². The molecule has 0 bridgehead atoms. The largest absolute Gasteiger partial charge is 0.493 e. The van der Waals surface area contributed by atoms with E-state index in [0.717, 1.165) is 24.2 Å². The van der Waals surface area contributed by atoms with Gasteiger partial charge in [0.15, 0.2) is 11.1 Å². The van der Waals surface area contributed by atoms with Gasteiger partial charge in [0, 0.05) is 23.2 Å². The number of imidazole rings is 1. The first-order valence-corrected chi connectivity index (χ1v) is 11.6. The van der Waals surface area contributed by atoms with E-state index in [9.17, 15) is 14.7 Å². The summed E-state index contributed by atoms with van der Waals surface area (Å²) in [6, 6.07) is 2.11. The fourth-order valence-corrected chi connectivity index (χ4v) is 4.00. The van der Waals surface area contributed by atoms with Crippen LogP contribution in [0.2, 0.25) is 0 Å². The first-order valence-electron chi connectivity index (χ1n) is 10.8. The van der Waals surface area contributed by atoms with Crippen molar-refractivity contribution in [3.63, 3.8) is 0 Å². The summed E-state index contributed by atoms with van der Waals surface area (Å²) in [6.45, 7) is 3.70. The van der Waals surface area contributed by atoms with E-state index >= 15 is 0 Å². The van der Waals surface area contributed by atoms with Crippen molar-refractivity contribution in [1.29, 1.82) is 0 Å². The number of nitrogens with one attached hydrogen (secondary N) is 3. The highest BCUT2D eigenvalue weighted by Crippen LogP contribution is 2.27. The van der Waals surface area contributed by atoms with Crippen LogP contribution in [0.1, 0.15) is 31.4 Å². The molecule has 3 heterocycles. The SMILES string of the molecule is C=CC/C=C\C=C(/CC(=O)NC)Sc1cc(=NC2CC2)n2ncc(=Cc3[nH]c(=O)[nH]c3O)c2n1. The molecule has 0 atom stereocenters. The average molecular weight is 480 g/mol. The van der Waals surface area contributed by atoms with Crippen LogP contribution in [0.3, 0.4) is 0 Å². The number of amides is 1. The summed E-state index contributed by atoms with van der Waals surface area (Å²) >= 11 is 1.38. The van der Waals surface area contributed by atoms with E-state index in [2.05, 4.69) is 27.0 Å². The molecule has 3 aromatic rings. The summed E-state index contributed by atoms with van der Waals surface area (Å²) in [5, 5.41) is 18.3. The van der Waals surface area contributed by atoms with Crippen molar-refractivity contribution in [3.05, 3.63) is 74.9 Å². The summed E-state index contributed by atoms with van der Waals surface area (Å²) in [7, 11) is 1.60. The Morgan fingerprint density at radius 1 is 1.44 bits per heavy atom. The Hall–Kier alpha value is -3.86. The molecule has 3 aromatic heterocycles. The third-order valence-corrected chi connectivity index (χ3v) is 5.88. The number of allylic oxidation sites excluding steroid dienone is 4. The minimum absolute atomic E-state index is 0.106. The number of H-pyrrole nitrogens is 2. The fraction of sp³-hybridized carbons (Fsp3) is 0.261. The van der Waals surface area contributed by atoms with E-state index in [0.29, 0.717) is 21.4 Å². The molecule has 1 aliphatic carbocycles. The van der Waals surface area contributed by atoms with Crippen molar-refractivity contribution in [1.82, 2.24) is 29.9 Å². The second kappa shape index (κ2) is 10.4. The molecule has 4 N–H and O–H groups in total. The molecule has 1 amide bonds. The quantitative estimate of drug-likeness (QED) is 0.158. The summed E-state index contributed by atoms with van der Waals surface area (Å²) in [4.78, 5) is 38.7. The second-order valence-electron chi connectivity index (χ2n) is 7.67. The molecule has 10 nitrogen and oxygen atoms in total. The van der Waals surface area contributed by atoms with Crippen LogP contribution in [0, 0.1) is 0 Å². The lowest BCUT2D eigenvalue weighted by atomic mass is 10.3. The first kappa shape index (κ1) is 23.3. The Kier molecular flexibility index (Phi) is 7.12. The van der Waals surface area contributed by atoms with Gasteiger partial charge in [-0.15, -0.1) is 6.58 Å². The highest BCUT2D eigenvalue weighted by atomic mass is 32.2. The lowest BCUT2D eigenvalue weighted by Gasteiger charge is -2.06. The molecule has 1 aliphatic rings. The molecule has 0 radical (unpaired) electrons. The Bertz CT molecular complexity index is 1460. The van der Waals surface area contributed by atoms with Gasteiger partial charge >= 0.3 is 5.69 Å². The van der Waals surface area contributed by atoms with E-state index < -0.39 is 5.69 Å². The highest BCUT2D eigenvalue weighted by molar-refractivity contribution is 8.03. The van der Waals surface area contributed by atoms with E-state index in [1.165, 1.54) is 11.8 Å². The molecule has 0 aromatic carbocycles. The van der Waals surface area contributed by atoms with Crippen LogP contribution in [0.25, 0.3) is 11.7 Å². The molecule has 0 aliphatic heterocycles. The number of carbonyl (C=O) groups excluding carboxylic acids is 1. The summed E-state index contributed by atoms with van der Waals surface area (Å²) in [5.41, 5.74) is 0.894. The Balaban J connectivity index is 1.80. The monoisotopic (exact) mass is 479 g/mol. The maximum Gasteiger partial charge on any atom is 0.326 e. The van der Waals surface area contributed by atoms with Gasteiger partial charge in [-0.3, -0.25) is 14.8 Å². The highest BCUT2D eigenvalue weighted by Gasteiger charge is 2.20. The zero-order valence-corrected chi connectivity index (χ0v) is 19.4. The molecule has 4 rings (SSSR count). The smallest absolute Gasteiger partial charge is 0.326 e. The van der Waals surface area contributed by atoms with Crippen LogP contribution in [0.5, 0.6) is 5.88 Å². The second-order valence-corrected chi connectivity index (χ2v) is 8.82. The predicted molar refractivity (Wildman–Crippen MR) is 130 cm³/mol. The van der Waals surface area contributed by atoms with Crippen LogP contribution >= 0.6 is 11.8 Å². The van der Waals surface area contributed by atoms with Gasteiger partial charge in [0.25, 0.3) is 0 Å². The van der Waals surface area contributed by atoms with E-state index in [4.69, 9.17) is 9.98 Å². The Morgan fingerprint density at radius 2 is 2.26 bits per heavy atom. The number of hydrogen-bond acceptors (Lipinski definition) is 7. The standard InChI is InChI=1S/C23H25N7O3S/c1-3-4-5-6-7-16(11-19(31)24-2)34-20-12-18(26-15-8-9-15)30-21(28-20)14(13-25-30)10-17-22(32)29-23(33)27-17/h3,5-7,10,12-13,15,32H,1,4,8-9,11H2,2H3,(H,24,31)(H2,27,29,33)/b6-5-,14-10?,16-7+,26-18?. The maximum absolute atomic E-state index is 12.1. The van der Waals surface area contributed by atoms with E-state index in [1.807, 2.05) is 24.3 Å². The van der Waals surface area contributed by atoms with Crippen molar-refractivity contribution in [2.75, 3.05) is 7.05 Å². The number of aromatic nitrogens is 5. The van der Waals surface area contributed by atoms with Crippen molar-refractivity contribution in [3.8, 4) is 5.88 Å². The number of aromatic amines is 2. The maximum atomic E-state index is 12.1. The van der Waals surface area contributed by atoms with Gasteiger partial charge in [-0.2, -0.15) is 9.61 Å². The lowest BCUT2D eigenvalue weighted by molar-refractivity contribution is -0.119. The number of nitrogens with zero attached hydrogens (tertiary/aromatic N) is 4. The average Bonchev–Trinajstić information content (AvgIpc) is 3.45. The number of thioether (sulfide) groups is 1. The van der Waals surface area contributed by atoms with E-state index in [1.54, 1.807) is 29.9 Å². The molecular formula is C23H25N7O3S. The van der Waals surface area contributed by atoms with Crippen LogP contribution in [-0.4, -0.2) is 48.7 Å². The minimum Gasteiger partial charge on any atom is -0.493 e. The molecule has 11 heteroatoms. The van der Waals surface area contributed by atoms with Gasteiger partial charge in [-0.1, -0.05) is 36.1 Å². The van der Waals surface area contributed by atoms with Crippen molar-refractivity contribution in [2.24, 2.45) is 4.99 Å². The topological polar surface area (TPSA) is 141 Å². The molecule has 0 spiro atoms. The number of carbonyl (C=O) groups is 1. The number of fused-ring (bicyclic) bond motifs is 1. The molecule has 0 unspecified atom stereocenters. The zero-order valence-electron chi connectivity index (χ0n) is 18.6. The van der Waals surface area contributed by atoms with Gasteiger partial charge in [-0.25, -0.2) is 9.78 Å². The van der Waals surface area contributed by atoms with Crippen LogP contribution in [0.15, 0.2) is 62.9 Å². The van der Waals surface area contributed by atoms with Crippen LogP contribution in [0.4, 0.5) is 0 Å². The summed E-state index contributed by atoms with van der Waals surface area (Å²) < 4.78 is 1.64. The van der Waals surface area contributed by atoms with Crippen LogP contribution in [-0.2, 0) is 4.79 Å². The predicted octanol–water partition coefficient (Wildman–Crippen LogP) is 1.31. The van der Waals surface area contributed by atoms with Gasteiger partial charge < -0.3 is 15.4 Å². The molecular weight excluding hydrogens is 454 g/mol. The lowest BCUT2D eigenvalue weighted by Crippen LogP contribution is -2.19. The molecule has 34 heavy (non-hydrogen) atoms. The zero-order chi connectivity index (χ0) is 24.1. The number of rotatable bonds is 9. The molecule has 176 valence electrons. The summed E-state index contributed by atoms with van der Waals surface area (Å²) in [5.74, 6) is -0.370. The first-order chi connectivity index (χ1) is 16.5. The summed E-state index contributed by atoms with van der Waals surface area (Å²) in [6.07, 6.45) is 13.7. The van der Waals surface area contributed by atoms with Crippen molar-refractivity contribution in [2.45, 2.75) is 36.8 Å². The Morgan fingerprint density at radius 3 is 2.94 bits per heavy atom. The van der Waals surface area contributed by atoms with E-state index in [-0.39, 0.29) is 29.9 Å². The third-order valence-electron chi connectivity index (χ3n) is 4.92. The number of aromatic hydroxyl groups is 1. The Labute approximate surface area is 198 Å². The number of hydrogen-bond donors (Lipinski definition) is 4. The van der Waals surface area contributed by atoms with Crippen LogP contribution < -0.4 is 21.7 Å². The minimum atomic E-state index is -0.512. The molecule has 0 saturated heterocycles. The third kappa shape index (κ3) is 5.73. The van der Waals surface area contributed by atoms with Gasteiger partial charge in [0.2, 0.25) is 11.8 Å². The van der Waals surface area contributed by atoms with Gasteiger partial charge in [0.05, 0.1) is 18.7 Å². The van der Waals surface area contributed by atoms with Crippen molar-refractivity contribution < 1.29 is 9.90 Å².